The van der Waals surface area contributed by atoms with Crippen LogP contribution in [0.5, 0.6) is 0 Å². The van der Waals surface area contributed by atoms with Crippen LogP contribution in [-0.2, 0) is 23.7 Å². The van der Waals surface area contributed by atoms with Crippen molar-refractivity contribution in [1.82, 2.24) is 0 Å². The van der Waals surface area contributed by atoms with Gasteiger partial charge in [-0.25, -0.2) is 4.79 Å². The summed E-state index contributed by atoms with van der Waals surface area (Å²) in [6.07, 6.45) is -1.97. The van der Waals surface area contributed by atoms with Crippen molar-refractivity contribution in [3.8, 4) is 0 Å². The number of carbonyl (C=O) groups excluding carboxylic acids is 1. The van der Waals surface area contributed by atoms with Gasteiger partial charge < -0.3 is 23.7 Å². The fourth-order valence-electron chi connectivity index (χ4n) is 3.48. The van der Waals surface area contributed by atoms with Crippen molar-refractivity contribution in [2.75, 3.05) is 7.11 Å². The van der Waals surface area contributed by atoms with Crippen LogP contribution in [0.15, 0.2) is 30.3 Å². The number of methoxy groups -OCH3 is 1. The first-order valence-electron chi connectivity index (χ1n) is 8.09. The maximum atomic E-state index is 12.3. The van der Waals surface area contributed by atoms with Gasteiger partial charge in [0.05, 0.1) is 5.56 Å². The summed E-state index contributed by atoms with van der Waals surface area (Å²) in [4.78, 5) is 12.3. The highest BCUT2D eigenvalue weighted by atomic mass is 16.8. The summed E-state index contributed by atoms with van der Waals surface area (Å²) in [6, 6.07) is 8.86. The molecule has 2 saturated heterocycles. The zero-order chi connectivity index (χ0) is 17.5. The van der Waals surface area contributed by atoms with Crippen LogP contribution in [0, 0.1) is 0 Å². The maximum Gasteiger partial charge on any atom is 0.338 e. The quantitative estimate of drug-likeness (QED) is 0.787. The zero-order valence-electron chi connectivity index (χ0n) is 14.6. The van der Waals surface area contributed by atoms with Crippen LogP contribution in [0.2, 0.25) is 0 Å². The molecule has 0 saturated carbocycles. The van der Waals surface area contributed by atoms with Crippen LogP contribution in [0.25, 0.3) is 0 Å². The Morgan fingerprint density at radius 2 is 1.88 bits per heavy atom. The molecule has 0 aromatic heterocycles. The summed E-state index contributed by atoms with van der Waals surface area (Å²) >= 11 is 0. The van der Waals surface area contributed by atoms with Crippen LogP contribution in [0.1, 0.15) is 38.1 Å². The minimum absolute atomic E-state index is 0.393. The zero-order valence-corrected chi connectivity index (χ0v) is 14.6. The van der Waals surface area contributed by atoms with E-state index in [4.69, 9.17) is 23.7 Å². The average Bonchev–Trinajstić information content (AvgIpc) is 2.93. The normalized spacial score (nSPS) is 35.5. The van der Waals surface area contributed by atoms with Crippen molar-refractivity contribution >= 4 is 5.97 Å². The second kappa shape index (κ2) is 6.11. The Morgan fingerprint density at radius 3 is 2.50 bits per heavy atom. The minimum atomic E-state index is -0.754. The molecule has 2 heterocycles. The lowest BCUT2D eigenvalue weighted by Crippen LogP contribution is -2.46. The maximum absolute atomic E-state index is 12.3. The highest BCUT2D eigenvalue weighted by Gasteiger charge is 2.65. The number of benzene rings is 1. The largest absolute Gasteiger partial charge is 0.456 e. The molecule has 2 aliphatic heterocycles. The van der Waals surface area contributed by atoms with Gasteiger partial charge >= 0.3 is 5.97 Å². The summed E-state index contributed by atoms with van der Waals surface area (Å²) in [7, 11) is 1.56. The number of carbonyl (C=O) groups is 1. The molecule has 0 spiro atoms. The van der Waals surface area contributed by atoms with E-state index in [0.29, 0.717) is 5.56 Å². The molecule has 0 bridgehead atoms. The lowest BCUT2D eigenvalue weighted by atomic mass is 9.95. The average molecular weight is 336 g/mol. The van der Waals surface area contributed by atoms with Gasteiger partial charge in [0.25, 0.3) is 0 Å². The molecule has 132 valence electrons. The lowest BCUT2D eigenvalue weighted by molar-refractivity contribution is -0.255. The first-order valence-corrected chi connectivity index (χ1v) is 8.09. The molecule has 1 aromatic rings. The second-order valence-corrected chi connectivity index (χ2v) is 6.87. The summed E-state index contributed by atoms with van der Waals surface area (Å²) in [5.41, 5.74) is -0.256. The standard InChI is InChI=1S/C18H24O6/c1-11(21-15(19)12-9-7-6-8-10-12)13-14-18(4,16(20-5)22-13)24-17(2,3)23-14/h6-11,13-14,16H,1-5H3/t11?,13?,14?,16?,18-/m1/s1. The molecular formula is C18H24O6. The van der Waals surface area contributed by atoms with Gasteiger partial charge in [0, 0.05) is 7.11 Å². The summed E-state index contributed by atoms with van der Waals surface area (Å²) < 4.78 is 29.0. The number of rotatable bonds is 4. The predicted molar refractivity (Wildman–Crippen MR) is 85.4 cm³/mol. The molecule has 0 N–H and O–H groups in total. The van der Waals surface area contributed by atoms with Crippen molar-refractivity contribution in [3.05, 3.63) is 35.9 Å². The number of ether oxygens (including phenoxy) is 5. The Labute approximate surface area is 142 Å². The van der Waals surface area contributed by atoms with E-state index in [-0.39, 0.29) is 0 Å². The second-order valence-electron chi connectivity index (χ2n) is 6.87. The van der Waals surface area contributed by atoms with Gasteiger partial charge in [-0.2, -0.15) is 0 Å². The van der Waals surface area contributed by atoms with Crippen molar-refractivity contribution in [3.63, 3.8) is 0 Å². The lowest BCUT2D eigenvalue weighted by Gasteiger charge is -2.28. The van der Waals surface area contributed by atoms with Crippen molar-refractivity contribution in [2.45, 2.75) is 63.7 Å². The summed E-state index contributed by atoms with van der Waals surface area (Å²) in [5, 5.41) is 0. The molecule has 2 fully saturated rings. The van der Waals surface area contributed by atoms with Gasteiger partial charge in [0.2, 0.25) is 0 Å². The molecule has 24 heavy (non-hydrogen) atoms. The summed E-state index contributed by atoms with van der Waals surface area (Å²) in [6.45, 7) is 7.38. The number of fused-ring (bicyclic) bond motifs is 1. The Balaban J connectivity index is 1.75. The molecule has 4 unspecified atom stereocenters. The van der Waals surface area contributed by atoms with E-state index in [9.17, 15) is 4.79 Å². The van der Waals surface area contributed by atoms with Crippen LogP contribution in [0.4, 0.5) is 0 Å². The summed E-state index contributed by atoms with van der Waals surface area (Å²) in [5.74, 6) is -1.14. The van der Waals surface area contributed by atoms with Gasteiger partial charge in [-0.1, -0.05) is 18.2 Å². The molecule has 1 aromatic carbocycles. The molecule has 0 aliphatic carbocycles. The molecule has 0 amide bonds. The van der Waals surface area contributed by atoms with Crippen LogP contribution >= 0.6 is 0 Å². The van der Waals surface area contributed by atoms with Gasteiger partial charge in [-0.15, -0.1) is 0 Å². The topological polar surface area (TPSA) is 63.2 Å². The van der Waals surface area contributed by atoms with E-state index < -0.39 is 42.0 Å². The van der Waals surface area contributed by atoms with Crippen molar-refractivity contribution < 1.29 is 28.5 Å². The fraction of sp³-hybridized carbons (Fsp3) is 0.611. The fourth-order valence-corrected chi connectivity index (χ4v) is 3.48. The van der Waals surface area contributed by atoms with Crippen LogP contribution in [-0.4, -0.2) is 49.1 Å². The smallest absolute Gasteiger partial charge is 0.338 e. The van der Waals surface area contributed by atoms with Crippen molar-refractivity contribution in [1.29, 1.82) is 0 Å². The molecular weight excluding hydrogens is 312 g/mol. The Morgan fingerprint density at radius 1 is 1.21 bits per heavy atom. The first-order chi connectivity index (χ1) is 11.3. The van der Waals surface area contributed by atoms with E-state index in [1.807, 2.05) is 26.8 Å². The van der Waals surface area contributed by atoms with Gasteiger partial charge in [0.15, 0.2) is 12.1 Å². The highest BCUT2D eigenvalue weighted by Crippen LogP contribution is 2.47. The first kappa shape index (κ1) is 17.4. The third kappa shape index (κ3) is 2.95. The monoisotopic (exact) mass is 336 g/mol. The SMILES string of the molecule is COC1OC(C(C)OC(=O)c2ccccc2)C2OC(C)(C)O[C@@]12C. The molecule has 3 rings (SSSR count). The molecule has 6 nitrogen and oxygen atoms in total. The van der Waals surface area contributed by atoms with Crippen LogP contribution in [0.3, 0.4) is 0 Å². The van der Waals surface area contributed by atoms with E-state index in [1.165, 1.54) is 0 Å². The van der Waals surface area contributed by atoms with Gasteiger partial charge in [0.1, 0.15) is 23.9 Å². The third-order valence-corrected chi connectivity index (χ3v) is 4.47. The van der Waals surface area contributed by atoms with Crippen LogP contribution < -0.4 is 0 Å². The third-order valence-electron chi connectivity index (χ3n) is 4.47. The number of esters is 1. The van der Waals surface area contributed by atoms with E-state index in [0.717, 1.165) is 0 Å². The Bertz CT molecular complexity index is 601. The van der Waals surface area contributed by atoms with E-state index >= 15 is 0 Å². The highest BCUT2D eigenvalue weighted by molar-refractivity contribution is 5.89. The van der Waals surface area contributed by atoms with E-state index in [2.05, 4.69) is 0 Å². The van der Waals surface area contributed by atoms with Gasteiger partial charge in [-0.05, 0) is 39.8 Å². The molecule has 2 aliphatic rings. The van der Waals surface area contributed by atoms with Crippen molar-refractivity contribution in [2.24, 2.45) is 0 Å². The molecule has 5 atom stereocenters. The number of hydrogen-bond donors (Lipinski definition) is 0. The van der Waals surface area contributed by atoms with Gasteiger partial charge in [-0.3, -0.25) is 0 Å². The predicted octanol–water partition coefficient (Wildman–Crippen LogP) is 2.51. The number of hydrogen-bond acceptors (Lipinski definition) is 6. The molecule has 0 radical (unpaired) electrons. The molecule has 6 heteroatoms. The Kier molecular flexibility index (Phi) is 4.42. The minimum Gasteiger partial charge on any atom is -0.456 e. The Hall–Kier alpha value is -1.47. The van der Waals surface area contributed by atoms with E-state index in [1.54, 1.807) is 38.3 Å².